The van der Waals surface area contributed by atoms with Crippen molar-refractivity contribution in [1.29, 1.82) is 0 Å². The molecule has 1 aromatic rings. The lowest BCUT2D eigenvalue weighted by molar-refractivity contribution is -0.138. The Morgan fingerprint density at radius 3 is 2.43 bits per heavy atom. The van der Waals surface area contributed by atoms with Crippen molar-refractivity contribution in [2.75, 3.05) is 0 Å². The topological polar surface area (TPSA) is 30.0 Å². The average molecular weight is 335 g/mol. The Hall–Kier alpha value is -0.370. The monoisotopic (exact) mass is 335 g/mol. The molecule has 14 heavy (non-hydrogen) atoms. The van der Waals surface area contributed by atoms with Crippen molar-refractivity contribution in [2.45, 2.75) is 6.18 Å². The molecular formula is C7H2ClF3INO. The van der Waals surface area contributed by atoms with Crippen LogP contribution in [0.4, 0.5) is 13.2 Å². The van der Waals surface area contributed by atoms with Crippen LogP contribution in [0.1, 0.15) is 15.9 Å². The fourth-order valence-corrected chi connectivity index (χ4v) is 1.91. The lowest BCUT2D eigenvalue weighted by Gasteiger charge is -2.10. The van der Waals surface area contributed by atoms with E-state index in [1.54, 1.807) is 0 Å². The van der Waals surface area contributed by atoms with Crippen LogP contribution in [0, 0.1) is 3.70 Å². The second kappa shape index (κ2) is 4.01. The van der Waals surface area contributed by atoms with E-state index in [0.717, 1.165) is 12.3 Å². The van der Waals surface area contributed by atoms with Gasteiger partial charge in [0.05, 0.1) is 11.1 Å². The molecule has 0 bridgehead atoms. The van der Waals surface area contributed by atoms with Crippen LogP contribution in [0.25, 0.3) is 0 Å². The molecule has 0 amide bonds. The first-order valence-electron chi connectivity index (χ1n) is 3.25. The molecular weight excluding hydrogens is 333 g/mol. The van der Waals surface area contributed by atoms with E-state index in [0.29, 0.717) is 0 Å². The Labute approximate surface area is 95.6 Å². The molecule has 0 radical (unpaired) electrons. The maximum absolute atomic E-state index is 12.3. The largest absolute Gasteiger partial charge is 0.417 e. The Morgan fingerprint density at radius 1 is 1.50 bits per heavy atom. The number of nitrogens with zero attached hydrogens (tertiary/aromatic N) is 1. The van der Waals surface area contributed by atoms with E-state index >= 15 is 0 Å². The number of hydrogen-bond donors (Lipinski definition) is 0. The van der Waals surface area contributed by atoms with E-state index in [1.807, 2.05) is 0 Å². The summed E-state index contributed by atoms with van der Waals surface area (Å²) in [6, 6.07) is 0.720. The van der Waals surface area contributed by atoms with Gasteiger partial charge in [0.2, 0.25) is 0 Å². The fourth-order valence-electron chi connectivity index (χ4n) is 0.859. The minimum absolute atomic E-state index is 0.0579. The number of alkyl halides is 3. The SMILES string of the molecule is O=C(Cl)c1c(C(F)(F)F)ccnc1I. The van der Waals surface area contributed by atoms with E-state index < -0.39 is 22.5 Å². The molecule has 0 aliphatic heterocycles. The van der Waals surface area contributed by atoms with Crippen molar-refractivity contribution in [3.63, 3.8) is 0 Å². The van der Waals surface area contributed by atoms with Gasteiger partial charge in [-0.25, -0.2) is 4.98 Å². The molecule has 0 aromatic carbocycles. The van der Waals surface area contributed by atoms with Crippen LogP contribution >= 0.6 is 34.2 Å². The molecule has 7 heteroatoms. The van der Waals surface area contributed by atoms with Gasteiger partial charge in [-0.3, -0.25) is 4.79 Å². The first kappa shape index (κ1) is 11.7. The average Bonchev–Trinajstić information content (AvgIpc) is 2.01. The molecule has 0 unspecified atom stereocenters. The van der Waals surface area contributed by atoms with Crippen molar-refractivity contribution < 1.29 is 18.0 Å². The molecule has 1 heterocycles. The minimum Gasteiger partial charge on any atom is -0.275 e. The van der Waals surface area contributed by atoms with Crippen molar-refractivity contribution >= 4 is 39.4 Å². The Kier molecular flexibility index (Phi) is 3.36. The molecule has 0 atom stereocenters. The number of hydrogen-bond acceptors (Lipinski definition) is 2. The summed E-state index contributed by atoms with van der Waals surface area (Å²) in [5, 5.41) is -1.16. The Morgan fingerprint density at radius 2 is 2.07 bits per heavy atom. The third-order valence-corrected chi connectivity index (χ3v) is 2.41. The second-order valence-electron chi connectivity index (χ2n) is 2.30. The molecule has 0 aliphatic rings. The molecule has 0 saturated heterocycles. The van der Waals surface area contributed by atoms with E-state index in [1.165, 1.54) is 22.6 Å². The molecule has 0 saturated carbocycles. The van der Waals surface area contributed by atoms with Crippen molar-refractivity contribution in [3.05, 3.63) is 27.1 Å². The van der Waals surface area contributed by atoms with Gasteiger partial charge in [-0.05, 0) is 40.3 Å². The van der Waals surface area contributed by atoms with Gasteiger partial charge in [-0.15, -0.1) is 0 Å². The number of pyridine rings is 1. The highest BCUT2D eigenvalue weighted by Gasteiger charge is 2.36. The molecule has 0 N–H and O–H groups in total. The van der Waals surface area contributed by atoms with Crippen LogP contribution in [-0.2, 0) is 6.18 Å². The number of aromatic nitrogens is 1. The number of carbonyl (C=O) groups excluding carboxylic acids is 1. The zero-order valence-corrected chi connectivity index (χ0v) is 9.31. The summed E-state index contributed by atoms with van der Waals surface area (Å²) in [6.07, 6.45) is -3.61. The third kappa shape index (κ3) is 2.35. The summed E-state index contributed by atoms with van der Waals surface area (Å²) in [5.74, 6) is 0. The zero-order valence-electron chi connectivity index (χ0n) is 6.40. The standard InChI is InChI=1S/C7H2ClF3INO/c8-5(14)4-3(7(9,10)11)1-2-13-6(4)12/h1-2H. The first-order valence-corrected chi connectivity index (χ1v) is 4.71. The van der Waals surface area contributed by atoms with Crippen LogP contribution in [0.15, 0.2) is 12.3 Å². The predicted molar refractivity (Wildman–Crippen MR) is 52.1 cm³/mol. The van der Waals surface area contributed by atoms with E-state index in [2.05, 4.69) is 4.98 Å². The smallest absolute Gasteiger partial charge is 0.275 e. The molecule has 76 valence electrons. The van der Waals surface area contributed by atoms with Gasteiger partial charge in [0.15, 0.2) is 0 Å². The third-order valence-electron chi connectivity index (χ3n) is 1.41. The van der Waals surface area contributed by atoms with Gasteiger partial charge in [-0.2, -0.15) is 13.2 Å². The minimum atomic E-state index is -4.59. The van der Waals surface area contributed by atoms with E-state index in [4.69, 9.17) is 11.6 Å². The van der Waals surface area contributed by atoms with Crippen LogP contribution in [0.5, 0.6) is 0 Å². The van der Waals surface area contributed by atoms with Gasteiger partial charge in [-0.1, -0.05) is 0 Å². The van der Waals surface area contributed by atoms with E-state index in [-0.39, 0.29) is 3.70 Å². The summed E-state index contributed by atoms with van der Waals surface area (Å²) in [4.78, 5) is 14.3. The van der Waals surface area contributed by atoms with Gasteiger partial charge >= 0.3 is 6.18 Å². The van der Waals surface area contributed by atoms with Crippen molar-refractivity contribution in [2.24, 2.45) is 0 Å². The molecule has 1 rings (SSSR count). The molecule has 0 aliphatic carbocycles. The zero-order chi connectivity index (χ0) is 10.9. The maximum Gasteiger partial charge on any atom is 0.417 e. The Balaban J connectivity index is 3.44. The van der Waals surface area contributed by atoms with Crippen LogP contribution in [0.2, 0.25) is 0 Å². The number of rotatable bonds is 1. The van der Waals surface area contributed by atoms with Crippen LogP contribution in [0.3, 0.4) is 0 Å². The van der Waals surface area contributed by atoms with Crippen molar-refractivity contribution in [3.8, 4) is 0 Å². The first-order chi connectivity index (χ1) is 6.34. The van der Waals surface area contributed by atoms with Gasteiger partial charge < -0.3 is 0 Å². The Bertz CT molecular complexity index is 380. The van der Waals surface area contributed by atoms with E-state index in [9.17, 15) is 18.0 Å². The van der Waals surface area contributed by atoms with Crippen LogP contribution in [-0.4, -0.2) is 10.2 Å². The highest BCUT2D eigenvalue weighted by molar-refractivity contribution is 14.1. The highest BCUT2D eigenvalue weighted by atomic mass is 127. The fraction of sp³-hybridized carbons (Fsp3) is 0.143. The second-order valence-corrected chi connectivity index (χ2v) is 3.66. The summed E-state index contributed by atoms with van der Waals surface area (Å²) in [7, 11) is 0. The number of halogens is 5. The van der Waals surface area contributed by atoms with Gasteiger partial charge in [0, 0.05) is 6.20 Å². The molecule has 1 aromatic heterocycles. The summed E-state index contributed by atoms with van der Waals surface area (Å²) < 4.78 is 37.0. The number of carbonyl (C=O) groups is 1. The maximum atomic E-state index is 12.3. The molecule has 0 fully saturated rings. The van der Waals surface area contributed by atoms with Crippen LogP contribution < -0.4 is 0 Å². The summed E-state index contributed by atoms with van der Waals surface area (Å²) >= 11 is 6.56. The quantitative estimate of drug-likeness (QED) is 0.448. The van der Waals surface area contributed by atoms with Crippen molar-refractivity contribution in [1.82, 2.24) is 4.98 Å². The predicted octanol–water partition coefficient (Wildman–Crippen LogP) is 3.08. The summed E-state index contributed by atoms with van der Waals surface area (Å²) in [6.45, 7) is 0. The highest BCUT2D eigenvalue weighted by Crippen LogP contribution is 2.33. The normalized spacial score (nSPS) is 11.5. The summed E-state index contributed by atoms with van der Waals surface area (Å²) in [5.41, 5.74) is -1.65. The van der Waals surface area contributed by atoms with Gasteiger partial charge in [0.1, 0.15) is 3.70 Å². The van der Waals surface area contributed by atoms with Gasteiger partial charge in [0.25, 0.3) is 5.24 Å². The molecule has 0 spiro atoms. The lowest BCUT2D eigenvalue weighted by Crippen LogP contribution is -2.13. The lowest BCUT2D eigenvalue weighted by atomic mass is 10.1. The molecule has 2 nitrogen and oxygen atoms in total.